The molecule has 3 aliphatic rings. The van der Waals surface area contributed by atoms with E-state index in [9.17, 15) is 24.5 Å². The Morgan fingerprint density at radius 1 is 1.31 bits per heavy atom. The summed E-state index contributed by atoms with van der Waals surface area (Å²) < 4.78 is 5.04. The van der Waals surface area contributed by atoms with Crippen LogP contribution >= 0.6 is 11.6 Å². The van der Waals surface area contributed by atoms with Crippen LogP contribution in [0.25, 0.3) is 0 Å². The van der Waals surface area contributed by atoms with Gasteiger partial charge in [0, 0.05) is 16.7 Å². The average molecular weight is 420 g/mol. The average Bonchev–Trinajstić information content (AvgIpc) is 3.33. The molecular formula is C18H14ClN3O7. The highest BCUT2D eigenvalue weighted by Crippen LogP contribution is 2.52. The Hall–Kier alpha value is -3.27. The van der Waals surface area contributed by atoms with Crippen LogP contribution in [0.3, 0.4) is 0 Å². The molecule has 0 radical (unpaired) electrons. The van der Waals surface area contributed by atoms with Crippen LogP contribution in [0, 0.1) is 33.8 Å². The van der Waals surface area contributed by atoms with Gasteiger partial charge in [0.2, 0.25) is 5.75 Å². The fourth-order valence-electron chi connectivity index (χ4n) is 4.24. The number of nitro benzene ring substituents is 1. The molecule has 1 N–H and O–H groups in total. The number of hydrogen-bond acceptors (Lipinski definition) is 7. The maximum absolute atomic E-state index is 12.7. The smallest absolute Gasteiger partial charge is 0.341 e. The third-order valence-corrected chi connectivity index (χ3v) is 5.58. The molecule has 1 saturated carbocycles. The Bertz CT molecular complexity index is 975. The minimum atomic E-state index is -1.34. The van der Waals surface area contributed by atoms with Crippen molar-refractivity contribution in [3.63, 3.8) is 0 Å². The van der Waals surface area contributed by atoms with E-state index in [1.807, 2.05) is 12.2 Å². The Morgan fingerprint density at radius 3 is 2.48 bits per heavy atom. The number of ether oxygens (including phenoxy) is 1. The zero-order valence-corrected chi connectivity index (χ0v) is 15.5. The van der Waals surface area contributed by atoms with Crippen molar-refractivity contribution in [2.45, 2.75) is 6.42 Å². The Kier molecular flexibility index (Phi) is 4.58. The number of nitrogens with zero attached hydrogens (tertiary/aromatic N) is 3. The predicted octanol–water partition coefficient (Wildman–Crippen LogP) is 1.85. The number of aliphatic carboxylic acids is 1. The number of benzene rings is 1. The second-order valence-electron chi connectivity index (χ2n) is 7.02. The van der Waals surface area contributed by atoms with E-state index in [1.54, 1.807) is 0 Å². The van der Waals surface area contributed by atoms with Gasteiger partial charge in [0.1, 0.15) is 0 Å². The van der Waals surface area contributed by atoms with Gasteiger partial charge in [0.15, 0.2) is 6.61 Å². The van der Waals surface area contributed by atoms with Crippen LogP contribution in [0.2, 0.25) is 5.02 Å². The molecule has 1 aromatic rings. The molecule has 10 nitrogen and oxygen atoms in total. The first-order chi connectivity index (χ1) is 13.8. The zero-order chi connectivity index (χ0) is 20.9. The molecule has 1 saturated heterocycles. The summed E-state index contributed by atoms with van der Waals surface area (Å²) in [6, 6.07) is 2.28. The molecule has 11 heteroatoms. The van der Waals surface area contributed by atoms with Gasteiger partial charge in [-0.15, -0.1) is 0 Å². The van der Waals surface area contributed by atoms with Crippen molar-refractivity contribution in [2.24, 2.45) is 28.8 Å². The predicted molar refractivity (Wildman–Crippen MR) is 98.4 cm³/mol. The third kappa shape index (κ3) is 3.15. The summed E-state index contributed by atoms with van der Waals surface area (Å²) in [5, 5.41) is 24.8. The number of carbonyl (C=O) groups is 3. The van der Waals surface area contributed by atoms with E-state index >= 15 is 0 Å². The lowest BCUT2D eigenvalue weighted by Gasteiger charge is -2.13. The fraction of sp³-hybridized carbons (Fsp3) is 0.333. The monoisotopic (exact) mass is 419 g/mol. The molecule has 4 unspecified atom stereocenters. The van der Waals surface area contributed by atoms with Crippen molar-refractivity contribution in [1.82, 2.24) is 5.01 Å². The minimum Gasteiger partial charge on any atom is -0.479 e. The topological polar surface area (TPSA) is 139 Å². The SMILES string of the molecule is O=C(O)COc1c(C=NN2C(=O)C3C4C=CC(C4)C3C2=O)cc(Cl)cc1[N+](=O)[O-]. The highest BCUT2D eigenvalue weighted by molar-refractivity contribution is 6.31. The van der Waals surface area contributed by atoms with E-state index in [1.165, 1.54) is 6.07 Å². The molecule has 1 heterocycles. The van der Waals surface area contributed by atoms with Crippen molar-refractivity contribution < 1.29 is 29.2 Å². The first kappa shape index (κ1) is 19.1. The Labute approximate surface area is 168 Å². The number of halogens is 1. The van der Waals surface area contributed by atoms with E-state index in [2.05, 4.69) is 5.10 Å². The molecular weight excluding hydrogens is 406 g/mol. The summed E-state index contributed by atoms with van der Waals surface area (Å²) in [7, 11) is 0. The van der Waals surface area contributed by atoms with E-state index in [0.29, 0.717) is 0 Å². The van der Waals surface area contributed by atoms with E-state index in [0.717, 1.165) is 23.7 Å². The lowest BCUT2D eigenvalue weighted by molar-refractivity contribution is -0.385. The summed E-state index contributed by atoms with van der Waals surface area (Å²) >= 11 is 5.91. The molecule has 29 heavy (non-hydrogen) atoms. The zero-order valence-electron chi connectivity index (χ0n) is 14.7. The maximum atomic E-state index is 12.7. The fourth-order valence-corrected chi connectivity index (χ4v) is 4.46. The van der Waals surface area contributed by atoms with Gasteiger partial charge < -0.3 is 9.84 Å². The van der Waals surface area contributed by atoms with Crippen molar-refractivity contribution in [3.8, 4) is 5.75 Å². The largest absolute Gasteiger partial charge is 0.479 e. The van der Waals surface area contributed by atoms with Crippen LogP contribution in [0.1, 0.15) is 12.0 Å². The number of carboxylic acid groups (broad SMARTS) is 1. The normalized spacial score (nSPS) is 27.1. The molecule has 150 valence electrons. The highest BCUT2D eigenvalue weighted by atomic mass is 35.5. The number of allylic oxidation sites excluding steroid dienone is 2. The van der Waals surface area contributed by atoms with Gasteiger partial charge in [-0.05, 0) is 24.3 Å². The van der Waals surface area contributed by atoms with Crippen molar-refractivity contribution in [1.29, 1.82) is 0 Å². The summed E-state index contributed by atoms with van der Waals surface area (Å²) in [4.78, 5) is 46.7. The summed E-state index contributed by atoms with van der Waals surface area (Å²) in [5.74, 6) is -3.39. The van der Waals surface area contributed by atoms with Crippen molar-refractivity contribution >= 4 is 41.3 Å². The van der Waals surface area contributed by atoms with Gasteiger partial charge in [0.25, 0.3) is 11.8 Å². The lowest BCUT2D eigenvalue weighted by Crippen LogP contribution is -2.28. The lowest BCUT2D eigenvalue weighted by atomic mass is 9.85. The number of hydrogen-bond donors (Lipinski definition) is 1. The number of nitro groups is 1. The van der Waals surface area contributed by atoms with Crippen molar-refractivity contribution in [3.05, 3.63) is 45.0 Å². The van der Waals surface area contributed by atoms with Crippen LogP contribution < -0.4 is 4.74 Å². The first-order valence-electron chi connectivity index (χ1n) is 8.70. The molecule has 2 aliphatic carbocycles. The minimum absolute atomic E-state index is 0.0148. The second-order valence-corrected chi connectivity index (χ2v) is 7.45. The molecule has 4 rings (SSSR count). The summed E-state index contributed by atoms with van der Waals surface area (Å²) in [6.07, 6.45) is 5.71. The standard InChI is InChI=1S/C18H14ClN3O7/c19-11-4-10(16(29-7-13(23)24)12(5-11)22(27)28)6-20-21-17(25)14-8-1-2-9(3-8)15(14)18(21)26/h1-2,4-6,8-9,14-15H,3,7H2,(H,23,24). The number of rotatable bonds is 6. The molecule has 2 bridgehead atoms. The Morgan fingerprint density at radius 2 is 1.93 bits per heavy atom. The highest BCUT2D eigenvalue weighted by Gasteiger charge is 2.59. The van der Waals surface area contributed by atoms with Gasteiger partial charge in [-0.1, -0.05) is 23.8 Å². The van der Waals surface area contributed by atoms with Crippen LogP contribution in [0.4, 0.5) is 5.69 Å². The second kappa shape index (κ2) is 6.96. The number of imide groups is 1. The number of hydrazone groups is 1. The van der Waals surface area contributed by atoms with Gasteiger partial charge in [-0.3, -0.25) is 19.7 Å². The first-order valence-corrected chi connectivity index (χ1v) is 9.08. The van der Waals surface area contributed by atoms with Gasteiger partial charge >= 0.3 is 11.7 Å². The Balaban J connectivity index is 1.66. The van der Waals surface area contributed by atoms with Crippen LogP contribution in [0.15, 0.2) is 29.4 Å². The molecule has 2 fully saturated rings. The molecule has 2 amide bonds. The van der Waals surface area contributed by atoms with E-state index < -0.39 is 46.8 Å². The van der Waals surface area contributed by atoms with Crippen LogP contribution in [-0.2, 0) is 14.4 Å². The number of carbonyl (C=O) groups excluding carboxylic acids is 2. The molecule has 1 aliphatic heterocycles. The van der Waals surface area contributed by atoms with E-state index in [4.69, 9.17) is 21.4 Å². The number of amides is 2. The maximum Gasteiger partial charge on any atom is 0.341 e. The van der Waals surface area contributed by atoms with Crippen LogP contribution in [-0.4, -0.2) is 45.6 Å². The molecule has 0 aromatic heterocycles. The number of carboxylic acids is 1. The van der Waals surface area contributed by atoms with Crippen molar-refractivity contribution in [2.75, 3.05) is 6.61 Å². The molecule has 4 atom stereocenters. The van der Waals surface area contributed by atoms with Crippen LogP contribution in [0.5, 0.6) is 5.75 Å². The molecule has 1 aromatic carbocycles. The van der Waals surface area contributed by atoms with Gasteiger partial charge in [0.05, 0.1) is 23.0 Å². The van der Waals surface area contributed by atoms with Gasteiger partial charge in [-0.2, -0.15) is 10.1 Å². The summed E-state index contributed by atoms with van der Waals surface area (Å²) in [6.45, 7) is -0.829. The summed E-state index contributed by atoms with van der Waals surface area (Å²) in [5.41, 5.74) is -0.581. The molecule has 0 spiro atoms. The quantitative estimate of drug-likeness (QED) is 0.244. The third-order valence-electron chi connectivity index (χ3n) is 5.36. The van der Waals surface area contributed by atoms with E-state index in [-0.39, 0.29) is 28.2 Å². The number of fused-ring (bicyclic) bond motifs is 5. The van der Waals surface area contributed by atoms with Gasteiger partial charge in [-0.25, -0.2) is 4.79 Å².